The number of fused-ring (bicyclic) bond motifs is 1. The lowest BCUT2D eigenvalue weighted by molar-refractivity contribution is -0.142. The van der Waals surface area contributed by atoms with Crippen molar-refractivity contribution in [3.63, 3.8) is 0 Å². The maximum Gasteiger partial charge on any atom is 0.326 e. The summed E-state index contributed by atoms with van der Waals surface area (Å²) < 4.78 is 0. The number of nitrogens with one attached hydrogen (secondary N) is 4. The maximum atomic E-state index is 12.5. The highest BCUT2D eigenvalue weighted by molar-refractivity contribution is 7.98. The van der Waals surface area contributed by atoms with Crippen LogP contribution in [-0.4, -0.2) is 70.0 Å². The van der Waals surface area contributed by atoms with Crippen LogP contribution in [0, 0.1) is 0 Å². The van der Waals surface area contributed by atoms with Crippen LogP contribution in [-0.2, 0) is 25.6 Å². The van der Waals surface area contributed by atoms with Gasteiger partial charge in [-0.1, -0.05) is 18.2 Å². The van der Waals surface area contributed by atoms with Crippen LogP contribution < -0.4 is 21.7 Å². The number of rotatable bonds is 12. The molecule has 180 valence electrons. The quantitative estimate of drug-likeness (QED) is 0.257. The predicted octanol–water partition coefficient (Wildman–Crippen LogP) is 0.370. The lowest BCUT2D eigenvalue weighted by atomic mass is 10.0. The van der Waals surface area contributed by atoms with Crippen LogP contribution in [0.1, 0.15) is 25.8 Å². The Morgan fingerprint density at radius 2 is 1.64 bits per heavy atom. The van der Waals surface area contributed by atoms with Crippen LogP contribution in [0.15, 0.2) is 30.5 Å². The van der Waals surface area contributed by atoms with Crippen LogP contribution in [0.4, 0.5) is 0 Å². The second-order valence-electron chi connectivity index (χ2n) is 7.81. The Bertz CT molecular complexity index is 994. The third-order valence-electron chi connectivity index (χ3n) is 5.18. The number of aromatic nitrogens is 1. The van der Waals surface area contributed by atoms with E-state index in [0.29, 0.717) is 5.75 Å². The first-order chi connectivity index (χ1) is 15.6. The highest BCUT2D eigenvalue weighted by Gasteiger charge is 2.26. The van der Waals surface area contributed by atoms with Crippen molar-refractivity contribution >= 4 is 46.4 Å². The molecule has 0 bridgehead atoms. The van der Waals surface area contributed by atoms with E-state index in [9.17, 15) is 24.3 Å². The van der Waals surface area contributed by atoms with Crippen molar-refractivity contribution in [1.82, 2.24) is 20.9 Å². The van der Waals surface area contributed by atoms with E-state index in [1.54, 1.807) is 6.20 Å². The molecular weight excluding hydrogens is 446 g/mol. The normalized spacial score (nSPS) is 14.7. The third-order valence-corrected chi connectivity index (χ3v) is 5.82. The van der Waals surface area contributed by atoms with Crippen molar-refractivity contribution in [3.05, 3.63) is 36.0 Å². The van der Waals surface area contributed by atoms with Gasteiger partial charge in [0.25, 0.3) is 0 Å². The number of amides is 3. The van der Waals surface area contributed by atoms with E-state index in [2.05, 4.69) is 20.9 Å². The largest absolute Gasteiger partial charge is 0.480 e. The second kappa shape index (κ2) is 12.3. The number of para-hydroxylation sites is 1. The smallest absolute Gasteiger partial charge is 0.326 e. The molecule has 1 aromatic heterocycles. The number of hydrogen-bond donors (Lipinski definition) is 6. The molecular formula is C22H31N5O5S. The number of H-pyrrole nitrogens is 1. The summed E-state index contributed by atoms with van der Waals surface area (Å²) in [5.41, 5.74) is 7.88. The number of carbonyl (C=O) groups excluding carboxylic acids is 3. The molecule has 0 saturated heterocycles. The molecule has 3 amide bonds. The van der Waals surface area contributed by atoms with E-state index in [1.807, 2.05) is 30.5 Å². The summed E-state index contributed by atoms with van der Waals surface area (Å²) in [4.78, 5) is 51.6. The molecule has 11 heteroatoms. The fourth-order valence-corrected chi connectivity index (χ4v) is 3.68. The van der Waals surface area contributed by atoms with E-state index < -0.39 is 47.9 Å². The van der Waals surface area contributed by atoms with E-state index >= 15 is 0 Å². The zero-order chi connectivity index (χ0) is 24.5. The fourth-order valence-electron chi connectivity index (χ4n) is 3.21. The predicted molar refractivity (Wildman–Crippen MR) is 128 cm³/mol. The molecule has 7 N–H and O–H groups in total. The number of hydrogen-bond acceptors (Lipinski definition) is 6. The molecule has 2 rings (SSSR count). The van der Waals surface area contributed by atoms with Gasteiger partial charge in [0.2, 0.25) is 17.7 Å². The van der Waals surface area contributed by atoms with Crippen molar-refractivity contribution in [2.24, 2.45) is 5.73 Å². The maximum absolute atomic E-state index is 12.5. The summed E-state index contributed by atoms with van der Waals surface area (Å²) >= 11 is 1.47. The molecule has 4 unspecified atom stereocenters. The van der Waals surface area contributed by atoms with Crippen LogP contribution in [0.5, 0.6) is 0 Å². The van der Waals surface area contributed by atoms with Crippen LogP contribution in [0.3, 0.4) is 0 Å². The molecule has 4 atom stereocenters. The topological polar surface area (TPSA) is 166 Å². The second-order valence-corrected chi connectivity index (χ2v) is 8.80. The highest BCUT2D eigenvalue weighted by atomic mass is 32.2. The average Bonchev–Trinajstić information content (AvgIpc) is 3.18. The Morgan fingerprint density at radius 1 is 1.03 bits per heavy atom. The summed E-state index contributed by atoms with van der Waals surface area (Å²) in [6.45, 7) is 2.92. The Balaban J connectivity index is 1.86. The first-order valence-corrected chi connectivity index (χ1v) is 12.0. The van der Waals surface area contributed by atoms with Crippen molar-refractivity contribution in [2.75, 3.05) is 12.0 Å². The zero-order valence-electron chi connectivity index (χ0n) is 18.9. The average molecular weight is 478 g/mol. The number of carbonyl (C=O) groups is 4. The standard InChI is InChI=1S/C22H31N5O5S/c1-12(19(28)25-13(2)20(29)27-18(22(31)32)8-9-33-3)26-21(30)16(23)10-14-11-24-17-7-5-4-6-15(14)17/h4-7,11-13,16,18,24H,8-10,23H2,1-3H3,(H,25,28)(H,26,30)(H,27,29)(H,31,32). The summed E-state index contributed by atoms with van der Waals surface area (Å²) in [5.74, 6) is -2.27. The van der Waals surface area contributed by atoms with Gasteiger partial charge in [-0.15, -0.1) is 0 Å². The number of aliphatic carboxylic acids is 1. The number of carboxylic acid groups (broad SMARTS) is 1. The lowest BCUT2D eigenvalue weighted by Gasteiger charge is -2.21. The monoisotopic (exact) mass is 477 g/mol. The van der Waals surface area contributed by atoms with Gasteiger partial charge < -0.3 is 31.8 Å². The lowest BCUT2D eigenvalue weighted by Crippen LogP contribution is -2.55. The molecule has 10 nitrogen and oxygen atoms in total. The van der Waals surface area contributed by atoms with Crippen LogP contribution in [0.2, 0.25) is 0 Å². The first-order valence-electron chi connectivity index (χ1n) is 10.6. The molecule has 0 aliphatic carbocycles. The van der Waals surface area contributed by atoms with Crippen LogP contribution >= 0.6 is 11.8 Å². The van der Waals surface area contributed by atoms with Gasteiger partial charge in [0.1, 0.15) is 18.1 Å². The van der Waals surface area contributed by atoms with Gasteiger partial charge in [0.15, 0.2) is 0 Å². The number of nitrogens with two attached hydrogens (primary N) is 1. The number of aromatic amines is 1. The van der Waals surface area contributed by atoms with E-state index in [4.69, 9.17) is 5.73 Å². The van der Waals surface area contributed by atoms with Crippen molar-refractivity contribution in [1.29, 1.82) is 0 Å². The molecule has 0 spiro atoms. The summed E-state index contributed by atoms with van der Waals surface area (Å²) in [7, 11) is 0. The first kappa shape index (κ1) is 26.2. The summed E-state index contributed by atoms with van der Waals surface area (Å²) in [6.07, 6.45) is 4.20. The molecule has 0 saturated carbocycles. The molecule has 0 fully saturated rings. The number of carboxylic acids is 1. The Kier molecular flexibility index (Phi) is 9.74. The number of thioether (sulfide) groups is 1. The zero-order valence-corrected chi connectivity index (χ0v) is 19.7. The number of benzene rings is 1. The molecule has 0 aliphatic heterocycles. The molecule has 2 aromatic rings. The molecule has 0 aliphatic rings. The minimum atomic E-state index is -1.14. The van der Waals surface area contributed by atoms with Gasteiger partial charge in [-0.25, -0.2) is 4.79 Å². The van der Waals surface area contributed by atoms with Crippen LogP contribution in [0.25, 0.3) is 10.9 Å². The van der Waals surface area contributed by atoms with Gasteiger partial charge in [-0.3, -0.25) is 14.4 Å². The summed E-state index contributed by atoms with van der Waals surface area (Å²) in [6, 6.07) is 3.84. The summed E-state index contributed by atoms with van der Waals surface area (Å²) in [5, 5.41) is 17.7. The van der Waals surface area contributed by atoms with Gasteiger partial charge in [0, 0.05) is 17.1 Å². The van der Waals surface area contributed by atoms with Crippen molar-refractivity contribution < 1.29 is 24.3 Å². The molecule has 1 heterocycles. The van der Waals surface area contributed by atoms with Crippen molar-refractivity contribution in [2.45, 2.75) is 50.9 Å². The van der Waals surface area contributed by atoms with Gasteiger partial charge in [-0.05, 0) is 50.3 Å². The third kappa shape index (κ3) is 7.50. The SMILES string of the molecule is CSCCC(NC(=O)C(C)NC(=O)C(C)NC(=O)C(N)Cc1c[nH]c2ccccc12)C(=O)O. The van der Waals surface area contributed by atoms with Gasteiger partial charge in [0.05, 0.1) is 6.04 Å². The van der Waals surface area contributed by atoms with Gasteiger partial charge in [-0.2, -0.15) is 11.8 Å². The molecule has 33 heavy (non-hydrogen) atoms. The minimum Gasteiger partial charge on any atom is -0.480 e. The Morgan fingerprint density at radius 3 is 2.27 bits per heavy atom. The minimum absolute atomic E-state index is 0.268. The Hall–Kier alpha value is -3.05. The molecule has 1 aromatic carbocycles. The Labute approximate surface area is 196 Å². The van der Waals surface area contributed by atoms with E-state index in [1.165, 1.54) is 25.6 Å². The van der Waals surface area contributed by atoms with E-state index in [0.717, 1.165) is 16.5 Å². The fraction of sp³-hybridized carbons (Fsp3) is 0.455. The van der Waals surface area contributed by atoms with Crippen molar-refractivity contribution in [3.8, 4) is 0 Å². The van der Waals surface area contributed by atoms with Gasteiger partial charge >= 0.3 is 5.97 Å². The highest BCUT2D eigenvalue weighted by Crippen LogP contribution is 2.18. The van der Waals surface area contributed by atoms with E-state index in [-0.39, 0.29) is 12.8 Å². The molecule has 0 radical (unpaired) electrons.